The molecule has 3 nitrogen and oxygen atoms in total. The molecule has 1 aliphatic rings. The topological polar surface area (TPSA) is 24.5 Å². The van der Waals surface area contributed by atoms with E-state index < -0.39 is 24.6 Å². The van der Waals surface area contributed by atoms with Crippen LogP contribution in [-0.2, 0) is 0 Å². The van der Waals surface area contributed by atoms with E-state index in [1.54, 1.807) is 0 Å². The number of halogens is 7. The predicted octanol–water partition coefficient (Wildman–Crippen LogP) is 3.64. The zero-order valence-corrected chi connectivity index (χ0v) is 13.5. The van der Waals surface area contributed by atoms with Crippen molar-refractivity contribution >= 4 is 24.8 Å². The van der Waals surface area contributed by atoms with Gasteiger partial charge in [-0.2, -0.15) is 22.0 Å². The fraction of sp³-hybridized carbons (Fsp3) is 0.538. The minimum Gasteiger partial charge on any atom is -0.434 e. The molecule has 1 aromatic carbocycles. The van der Waals surface area contributed by atoms with Crippen LogP contribution in [0, 0.1) is 0 Å². The summed E-state index contributed by atoms with van der Waals surface area (Å²) in [7, 11) is 0. The number of piperazine rings is 1. The Balaban J connectivity index is 0.00000242. The molecule has 0 aromatic heterocycles. The van der Waals surface area contributed by atoms with Crippen molar-refractivity contribution < 1.29 is 26.7 Å². The van der Waals surface area contributed by atoms with Crippen LogP contribution in [0.3, 0.4) is 0 Å². The number of alkyl halides is 5. The molecule has 1 heterocycles. The maximum Gasteiger partial charge on any atom is 0.408 e. The van der Waals surface area contributed by atoms with Crippen LogP contribution in [0.25, 0.3) is 0 Å². The van der Waals surface area contributed by atoms with Crippen LogP contribution in [0.2, 0.25) is 0 Å². The number of hydrogen-bond acceptors (Lipinski definition) is 3. The number of benzene rings is 1. The lowest BCUT2D eigenvalue weighted by molar-refractivity contribution is -0.188. The Morgan fingerprint density at radius 3 is 2.13 bits per heavy atom. The second kappa shape index (κ2) is 9.46. The van der Waals surface area contributed by atoms with Gasteiger partial charge in [0.2, 0.25) is 0 Å². The first kappa shape index (κ1) is 22.2. The second-order valence-corrected chi connectivity index (χ2v) is 4.65. The maximum atomic E-state index is 13.4. The van der Waals surface area contributed by atoms with Gasteiger partial charge in [0.1, 0.15) is 11.8 Å². The van der Waals surface area contributed by atoms with Crippen LogP contribution >= 0.6 is 24.8 Å². The van der Waals surface area contributed by atoms with Gasteiger partial charge in [0.15, 0.2) is 0 Å². The molecule has 0 spiro atoms. The largest absolute Gasteiger partial charge is 0.434 e. The lowest BCUT2D eigenvalue weighted by Crippen LogP contribution is -2.49. The van der Waals surface area contributed by atoms with E-state index in [-0.39, 0.29) is 43.5 Å². The molecular formula is C13H17Cl2F5N2O. The molecule has 0 unspecified atom stereocenters. The van der Waals surface area contributed by atoms with E-state index in [1.807, 2.05) is 0 Å². The molecule has 23 heavy (non-hydrogen) atoms. The van der Waals surface area contributed by atoms with Crippen LogP contribution in [0.15, 0.2) is 24.3 Å². The SMILES string of the molecule is Cl.Cl.FC(F)Oc1ccccc1[C@@H](N1CCNCC1)C(F)(F)F. The summed E-state index contributed by atoms with van der Waals surface area (Å²) in [5.74, 6) is -0.437. The second-order valence-electron chi connectivity index (χ2n) is 4.65. The average molecular weight is 383 g/mol. The normalized spacial score (nSPS) is 17.1. The van der Waals surface area contributed by atoms with E-state index in [9.17, 15) is 22.0 Å². The van der Waals surface area contributed by atoms with Gasteiger partial charge >= 0.3 is 12.8 Å². The monoisotopic (exact) mass is 382 g/mol. The van der Waals surface area contributed by atoms with Crippen LogP contribution in [-0.4, -0.2) is 43.9 Å². The van der Waals surface area contributed by atoms with Gasteiger partial charge in [0.05, 0.1) is 0 Å². The van der Waals surface area contributed by atoms with E-state index >= 15 is 0 Å². The Morgan fingerprint density at radius 1 is 1.04 bits per heavy atom. The summed E-state index contributed by atoms with van der Waals surface area (Å²) >= 11 is 0. The Morgan fingerprint density at radius 2 is 1.61 bits per heavy atom. The number of nitrogens with zero attached hydrogens (tertiary/aromatic N) is 1. The third-order valence-corrected chi connectivity index (χ3v) is 3.26. The molecule has 0 radical (unpaired) electrons. The van der Waals surface area contributed by atoms with Crippen molar-refractivity contribution in [3.05, 3.63) is 29.8 Å². The number of para-hydroxylation sites is 1. The standard InChI is InChI=1S/C13H15F5N2O.2ClH/c14-12(15)21-10-4-2-1-3-9(10)11(13(16,17)18)20-7-5-19-6-8-20;;/h1-4,11-12,19H,5-8H2;2*1H/t11-;;/m1../s1. The fourth-order valence-corrected chi connectivity index (χ4v) is 2.43. The third-order valence-electron chi connectivity index (χ3n) is 3.26. The molecule has 1 N–H and O–H groups in total. The quantitative estimate of drug-likeness (QED) is 0.804. The lowest BCUT2D eigenvalue weighted by Gasteiger charge is -2.36. The van der Waals surface area contributed by atoms with Crippen LogP contribution < -0.4 is 10.1 Å². The van der Waals surface area contributed by atoms with Gasteiger partial charge in [-0.25, -0.2) is 0 Å². The number of ether oxygens (including phenoxy) is 1. The van der Waals surface area contributed by atoms with Crippen LogP contribution in [0.4, 0.5) is 22.0 Å². The Bertz CT molecular complexity index is 470. The van der Waals surface area contributed by atoms with Crippen LogP contribution in [0.5, 0.6) is 5.75 Å². The third kappa shape index (κ3) is 5.95. The molecule has 1 saturated heterocycles. The smallest absolute Gasteiger partial charge is 0.408 e. The van der Waals surface area contributed by atoms with Crippen LogP contribution in [0.1, 0.15) is 11.6 Å². The van der Waals surface area contributed by atoms with Gasteiger partial charge in [-0.3, -0.25) is 4.90 Å². The predicted molar refractivity (Wildman–Crippen MR) is 80.8 cm³/mol. The van der Waals surface area contributed by atoms with Gasteiger partial charge in [-0.1, -0.05) is 18.2 Å². The molecule has 10 heteroatoms. The van der Waals surface area contributed by atoms with E-state index in [1.165, 1.54) is 23.1 Å². The highest BCUT2D eigenvalue weighted by Gasteiger charge is 2.46. The molecule has 0 amide bonds. The Kier molecular flexibility index (Phi) is 9.12. The summed E-state index contributed by atoms with van der Waals surface area (Å²) in [5.41, 5.74) is -0.285. The highest BCUT2D eigenvalue weighted by atomic mass is 35.5. The summed E-state index contributed by atoms with van der Waals surface area (Å²) in [6.45, 7) is -1.95. The van der Waals surface area contributed by atoms with Gasteiger partial charge in [0, 0.05) is 31.7 Å². The summed E-state index contributed by atoms with van der Waals surface area (Å²) in [4.78, 5) is 1.23. The minimum absolute atomic E-state index is 0. The van der Waals surface area contributed by atoms with Crippen molar-refractivity contribution in [3.8, 4) is 5.75 Å². The molecule has 134 valence electrons. The van der Waals surface area contributed by atoms with E-state index in [2.05, 4.69) is 10.1 Å². The van der Waals surface area contributed by atoms with Crippen molar-refractivity contribution in [3.63, 3.8) is 0 Å². The van der Waals surface area contributed by atoms with Crippen molar-refractivity contribution in [2.75, 3.05) is 26.2 Å². The van der Waals surface area contributed by atoms with Gasteiger partial charge in [-0.05, 0) is 6.07 Å². The molecule has 0 bridgehead atoms. The van der Waals surface area contributed by atoms with Gasteiger partial charge < -0.3 is 10.1 Å². The number of rotatable bonds is 4. The Hall–Kier alpha value is -0.830. The first-order chi connectivity index (χ1) is 9.89. The molecule has 2 rings (SSSR count). The highest BCUT2D eigenvalue weighted by Crippen LogP contribution is 2.41. The first-order valence-corrected chi connectivity index (χ1v) is 6.45. The van der Waals surface area contributed by atoms with Crippen molar-refractivity contribution in [1.29, 1.82) is 0 Å². The minimum atomic E-state index is -4.57. The molecule has 1 fully saturated rings. The zero-order chi connectivity index (χ0) is 15.5. The fourth-order valence-electron chi connectivity index (χ4n) is 2.43. The number of nitrogens with one attached hydrogen (secondary N) is 1. The van der Waals surface area contributed by atoms with Crippen molar-refractivity contribution in [2.45, 2.75) is 18.8 Å². The highest BCUT2D eigenvalue weighted by molar-refractivity contribution is 5.85. The van der Waals surface area contributed by atoms with Crippen molar-refractivity contribution in [1.82, 2.24) is 10.2 Å². The Labute approximate surface area is 143 Å². The molecule has 0 aliphatic carbocycles. The summed E-state index contributed by atoms with van der Waals surface area (Å²) in [5, 5.41) is 2.96. The number of hydrogen-bond donors (Lipinski definition) is 1. The lowest BCUT2D eigenvalue weighted by atomic mass is 10.0. The molecule has 1 atom stereocenters. The van der Waals surface area contributed by atoms with E-state index in [0.717, 1.165) is 6.07 Å². The summed E-state index contributed by atoms with van der Waals surface area (Å²) in [6, 6.07) is 3.11. The van der Waals surface area contributed by atoms with E-state index in [4.69, 9.17) is 0 Å². The summed E-state index contributed by atoms with van der Waals surface area (Å²) in [6.07, 6.45) is -4.57. The summed E-state index contributed by atoms with van der Waals surface area (Å²) < 4.78 is 69.2. The van der Waals surface area contributed by atoms with Gasteiger partial charge in [0.25, 0.3) is 0 Å². The average Bonchev–Trinajstić information content (AvgIpc) is 2.40. The zero-order valence-electron chi connectivity index (χ0n) is 11.9. The maximum absolute atomic E-state index is 13.4. The molecular weight excluding hydrogens is 366 g/mol. The first-order valence-electron chi connectivity index (χ1n) is 6.45. The van der Waals surface area contributed by atoms with E-state index in [0.29, 0.717) is 13.1 Å². The molecule has 1 aromatic rings. The van der Waals surface area contributed by atoms with Crippen molar-refractivity contribution in [2.24, 2.45) is 0 Å². The molecule has 1 aliphatic heterocycles. The molecule has 0 saturated carbocycles. The van der Waals surface area contributed by atoms with Gasteiger partial charge in [-0.15, -0.1) is 24.8 Å².